The molecule has 9 nitrogen and oxygen atoms in total. The largest absolute Gasteiger partial charge is 0.353 e. The van der Waals surface area contributed by atoms with E-state index >= 15 is 0 Å². The molecular weight excluding hydrogens is 464 g/mol. The molecule has 5 aromatic rings. The van der Waals surface area contributed by atoms with Gasteiger partial charge in [0, 0.05) is 17.3 Å². The van der Waals surface area contributed by atoms with E-state index < -0.39 is 10.0 Å². The van der Waals surface area contributed by atoms with Crippen LogP contribution in [0.2, 0.25) is 0 Å². The highest BCUT2D eigenvalue weighted by Gasteiger charge is 2.19. The molecule has 0 atom stereocenters. The summed E-state index contributed by atoms with van der Waals surface area (Å²) in [5.74, 6) is 0.666. The van der Waals surface area contributed by atoms with E-state index in [1.165, 1.54) is 30.7 Å². The number of sulfonamides is 1. The molecule has 35 heavy (non-hydrogen) atoms. The van der Waals surface area contributed by atoms with Crippen molar-refractivity contribution >= 4 is 27.2 Å². The smallest absolute Gasteiger partial charge is 0.263 e. The lowest BCUT2D eigenvalue weighted by Gasteiger charge is -2.06. The molecule has 2 aromatic heterocycles. The number of hydrogen-bond donors (Lipinski definition) is 1. The number of rotatable bonds is 7. The second-order valence-corrected chi connectivity index (χ2v) is 9.02. The summed E-state index contributed by atoms with van der Waals surface area (Å²) in [5, 5.41) is 13.0. The van der Waals surface area contributed by atoms with Gasteiger partial charge in [-0.3, -0.25) is 4.72 Å². The van der Waals surface area contributed by atoms with Gasteiger partial charge in [-0.25, -0.2) is 18.4 Å². The van der Waals surface area contributed by atoms with Crippen LogP contribution in [0.25, 0.3) is 22.6 Å². The highest BCUT2D eigenvalue weighted by Crippen LogP contribution is 2.39. The maximum absolute atomic E-state index is 12.6. The number of azo groups is 1. The Morgan fingerprint density at radius 1 is 0.771 bits per heavy atom. The topological polar surface area (TPSA) is 123 Å². The zero-order valence-electron chi connectivity index (χ0n) is 18.2. The normalized spacial score (nSPS) is 11.5. The minimum Gasteiger partial charge on any atom is -0.353 e. The van der Waals surface area contributed by atoms with Gasteiger partial charge in [0.05, 0.1) is 10.6 Å². The summed E-state index contributed by atoms with van der Waals surface area (Å²) in [5.41, 5.74) is 3.15. The van der Waals surface area contributed by atoms with Gasteiger partial charge in [-0.05, 0) is 30.3 Å². The van der Waals surface area contributed by atoms with E-state index in [-0.39, 0.29) is 10.7 Å². The van der Waals surface area contributed by atoms with E-state index in [4.69, 9.17) is 4.52 Å². The quantitative estimate of drug-likeness (QED) is 0.283. The van der Waals surface area contributed by atoms with Gasteiger partial charge in [0.1, 0.15) is 17.8 Å². The molecule has 0 fully saturated rings. The van der Waals surface area contributed by atoms with Crippen LogP contribution in [0.3, 0.4) is 0 Å². The van der Waals surface area contributed by atoms with Gasteiger partial charge in [-0.2, -0.15) is 5.11 Å². The van der Waals surface area contributed by atoms with E-state index in [0.29, 0.717) is 22.8 Å². The van der Waals surface area contributed by atoms with Crippen LogP contribution in [0, 0.1) is 0 Å². The summed E-state index contributed by atoms with van der Waals surface area (Å²) >= 11 is 0. The average molecular weight is 483 g/mol. The lowest BCUT2D eigenvalue weighted by Crippen LogP contribution is -2.13. The molecular formula is C25H18N6O3S. The third-order valence-corrected chi connectivity index (χ3v) is 6.35. The van der Waals surface area contributed by atoms with Crippen molar-refractivity contribution in [3.8, 4) is 22.6 Å². The number of aromatic nitrogens is 3. The third kappa shape index (κ3) is 4.97. The molecule has 0 spiro atoms. The monoisotopic (exact) mass is 482 g/mol. The lowest BCUT2D eigenvalue weighted by atomic mass is 10.1. The Labute approximate surface area is 201 Å². The Hall–Kier alpha value is -4.70. The number of hydrogen-bond acceptors (Lipinski definition) is 8. The molecule has 0 bridgehead atoms. The first kappa shape index (κ1) is 22.1. The van der Waals surface area contributed by atoms with E-state index in [1.54, 1.807) is 12.1 Å². The van der Waals surface area contributed by atoms with Crippen molar-refractivity contribution in [2.45, 2.75) is 4.90 Å². The van der Waals surface area contributed by atoms with Crippen LogP contribution in [0.5, 0.6) is 0 Å². The summed E-state index contributed by atoms with van der Waals surface area (Å²) in [6.07, 6.45) is 2.71. The summed E-state index contributed by atoms with van der Waals surface area (Å²) in [6.45, 7) is 0. The number of nitrogens with zero attached hydrogens (tertiary/aromatic N) is 5. The van der Waals surface area contributed by atoms with Gasteiger partial charge in [0.15, 0.2) is 11.4 Å². The predicted octanol–water partition coefficient (Wildman–Crippen LogP) is 6.01. The van der Waals surface area contributed by atoms with Crippen molar-refractivity contribution in [3.63, 3.8) is 0 Å². The van der Waals surface area contributed by atoms with E-state index in [1.807, 2.05) is 60.7 Å². The molecule has 0 aliphatic carbocycles. The molecule has 0 saturated carbocycles. The molecule has 5 rings (SSSR count). The highest BCUT2D eigenvalue weighted by molar-refractivity contribution is 7.92. The van der Waals surface area contributed by atoms with Crippen LogP contribution in [0.1, 0.15) is 0 Å². The van der Waals surface area contributed by atoms with Gasteiger partial charge in [0.25, 0.3) is 10.0 Å². The molecule has 0 saturated heterocycles. The summed E-state index contributed by atoms with van der Waals surface area (Å²) in [4.78, 5) is 7.72. The van der Waals surface area contributed by atoms with Crippen LogP contribution < -0.4 is 4.72 Å². The summed E-state index contributed by atoms with van der Waals surface area (Å²) in [6, 6.07) is 26.5. The van der Waals surface area contributed by atoms with E-state index in [9.17, 15) is 8.42 Å². The Morgan fingerprint density at radius 2 is 1.46 bits per heavy atom. The molecule has 0 aliphatic heterocycles. The minimum atomic E-state index is -3.81. The van der Waals surface area contributed by atoms with E-state index in [0.717, 1.165) is 11.1 Å². The van der Waals surface area contributed by atoms with Gasteiger partial charge in [-0.1, -0.05) is 65.8 Å². The second-order valence-electron chi connectivity index (χ2n) is 7.33. The van der Waals surface area contributed by atoms with Gasteiger partial charge >= 0.3 is 0 Å². The Morgan fingerprint density at radius 3 is 2.11 bits per heavy atom. The molecule has 3 aromatic carbocycles. The fourth-order valence-electron chi connectivity index (χ4n) is 3.29. The van der Waals surface area contributed by atoms with Crippen LogP contribution in [-0.4, -0.2) is 23.5 Å². The van der Waals surface area contributed by atoms with Crippen molar-refractivity contribution < 1.29 is 12.9 Å². The molecule has 0 amide bonds. The van der Waals surface area contributed by atoms with Crippen molar-refractivity contribution in [2.24, 2.45) is 10.2 Å². The van der Waals surface area contributed by atoms with Gasteiger partial charge in [0.2, 0.25) is 0 Å². The van der Waals surface area contributed by atoms with Crippen molar-refractivity contribution in [3.05, 3.63) is 104 Å². The lowest BCUT2D eigenvalue weighted by molar-refractivity contribution is 0.435. The molecule has 10 heteroatoms. The fraction of sp³-hybridized carbons (Fsp3) is 0. The average Bonchev–Trinajstić information content (AvgIpc) is 3.33. The summed E-state index contributed by atoms with van der Waals surface area (Å²) in [7, 11) is -3.81. The van der Waals surface area contributed by atoms with Crippen molar-refractivity contribution in [2.75, 3.05) is 4.72 Å². The molecule has 1 N–H and O–H groups in total. The fourth-order valence-corrected chi connectivity index (χ4v) is 4.30. The zero-order chi connectivity index (χ0) is 24.1. The first-order valence-corrected chi connectivity index (χ1v) is 12.0. The third-order valence-electron chi connectivity index (χ3n) is 4.98. The zero-order valence-corrected chi connectivity index (χ0v) is 19.0. The predicted molar refractivity (Wildman–Crippen MR) is 131 cm³/mol. The molecule has 0 unspecified atom stereocenters. The minimum absolute atomic E-state index is 0.0648. The highest BCUT2D eigenvalue weighted by atomic mass is 32.2. The van der Waals surface area contributed by atoms with Crippen LogP contribution >= 0.6 is 0 Å². The molecule has 172 valence electrons. The van der Waals surface area contributed by atoms with Crippen LogP contribution in [0.15, 0.2) is 123 Å². The maximum atomic E-state index is 12.6. The van der Waals surface area contributed by atoms with Gasteiger partial charge in [-0.15, -0.1) is 5.11 Å². The first-order chi connectivity index (χ1) is 17.1. The molecule has 0 aliphatic rings. The Kier molecular flexibility index (Phi) is 6.10. The molecule has 0 radical (unpaired) electrons. The molecule has 2 heterocycles. The standard InChI is InChI=1S/C25H18N6O3S/c32-35(33,31-22-15-16-26-17-27-22)21-13-11-20(12-14-21)28-29-24-23(18-7-3-1-4-8-18)30-34-25(24)19-9-5-2-6-10-19/h1-17H,(H,26,27,31). The van der Waals surface area contributed by atoms with Gasteiger partial charge < -0.3 is 4.52 Å². The number of benzene rings is 3. The van der Waals surface area contributed by atoms with E-state index in [2.05, 4.69) is 30.1 Å². The SMILES string of the molecule is O=S(=O)(Nc1ccncn1)c1ccc(N=Nc2c(-c3ccccc3)noc2-c2ccccc2)cc1. The Bertz CT molecular complexity index is 1500. The number of anilines is 1. The maximum Gasteiger partial charge on any atom is 0.263 e. The van der Waals surface area contributed by atoms with Crippen LogP contribution in [-0.2, 0) is 10.0 Å². The summed E-state index contributed by atoms with van der Waals surface area (Å²) < 4.78 is 33.3. The van der Waals surface area contributed by atoms with Crippen molar-refractivity contribution in [1.82, 2.24) is 15.1 Å². The first-order valence-electron chi connectivity index (χ1n) is 10.5. The van der Waals surface area contributed by atoms with Crippen molar-refractivity contribution in [1.29, 1.82) is 0 Å². The van der Waals surface area contributed by atoms with Crippen LogP contribution in [0.4, 0.5) is 17.2 Å². The second kappa shape index (κ2) is 9.65. The Balaban J connectivity index is 1.45. The number of nitrogens with one attached hydrogen (secondary N) is 1.